The molecule has 118 valence electrons. The van der Waals surface area contributed by atoms with Gasteiger partial charge in [0.1, 0.15) is 0 Å². The Kier molecular flexibility index (Phi) is 4.81. The molecule has 1 aliphatic rings. The van der Waals surface area contributed by atoms with E-state index >= 15 is 0 Å². The van der Waals surface area contributed by atoms with Crippen LogP contribution in [-0.2, 0) is 16.1 Å². The Bertz CT molecular complexity index is 586. The number of aromatic nitrogens is 3. The highest BCUT2D eigenvalue weighted by Crippen LogP contribution is 2.16. The van der Waals surface area contributed by atoms with E-state index in [0.29, 0.717) is 19.7 Å². The number of likely N-dealkylation sites (N-methyl/N-ethyl adjacent to an activating group) is 1. The minimum atomic E-state index is 0.0506. The van der Waals surface area contributed by atoms with E-state index in [9.17, 15) is 4.79 Å². The molecule has 0 N–H and O–H groups in total. The Balaban J connectivity index is 1.52. The number of carbonyl (C=O) groups excluding carboxylic acids is 1. The standard InChI is InChI=1S/C14H19N5O2S/c1-17(14-15-4-8-22-14)13(20)11-18-6-7-21-12(9-18)10-19-5-2-3-16-19/h2-5,8,12H,6-7,9-11H2,1H3/t12-/m0/s1. The van der Waals surface area contributed by atoms with E-state index in [0.717, 1.165) is 18.2 Å². The first-order chi connectivity index (χ1) is 10.7. The van der Waals surface area contributed by atoms with Gasteiger partial charge >= 0.3 is 0 Å². The summed E-state index contributed by atoms with van der Waals surface area (Å²) in [7, 11) is 1.77. The van der Waals surface area contributed by atoms with Gasteiger partial charge in [0.05, 0.1) is 25.8 Å². The molecule has 0 saturated carbocycles. The van der Waals surface area contributed by atoms with Crippen molar-refractivity contribution < 1.29 is 9.53 Å². The molecule has 0 bridgehead atoms. The predicted molar refractivity (Wildman–Crippen MR) is 83.9 cm³/mol. The second kappa shape index (κ2) is 6.99. The summed E-state index contributed by atoms with van der Waals surface area (Å²) < 4.78 is 7.62. The van der Waals surface area contributed by atoms with Gasteiger partial charge in [-0.15, -0.1) is 11.3 Å². The Morgan fingerprint density at radius 3 is 3.18 bits per heavy atom. The van der Waals surface area contributed by atoms with Gasteiger partial charge in [0, 0.05) is 44.1 Å². The monoisotopic (exact) mass is 321 g/mol. The number of anilines is 1. The van der Waals surface area contributed by atoms with Gasteiger partial charge in [0.2, 0.25) is 5.91 Å². The van der Waals surface area contributed by atoms with Crippen molar-refractivity contribution in [2.75, 3.05) is 38.2 Å². The van der Waals surface area contributed by atoms with Crippen molar-refractivity contribution in [3.05, 3.63) is 30.0 Å². The summed E-state index contributed by atoms with van der Waals surface area (Å²) in [6, 6.07) is 1.90. The first-order valence-electron chi connectivity index (χ1n) is 7.20. The lowest BCUT2D eigenvalue weighted by atomic mass is 10.2. The molecule has 2 aromatic heterocycles. The highest BCUT2D eigenvalue weighted by molar-refractivity contribution is 7.13. The van der Waals surface area contributed by atoms with Gasteiger partial charge in [-0.3, -0.25) is 19.3 Å². The fourth-order valence-electron chi connectivity index (χ4n) is 2.44. The second-order valence-electron chi connectivity index (χ2n) is 5.22. The zero-order chi connectivity index (χ0) is 15.4. The molecule has 0 spiro atoms. The molecule has 1 saturated heterocycles. The SMILES string of the molecule is CN(C(=O)CN1CCO[C@H](Cn2cccn2)C1)c1nccs1. The maximum Gasteiger partial charge on any atom is 0.242 e. The van der Waals surface area contributed by atoms with Crippen LogP contribution in [0, 0.1) is 0 Å². The smallest absolute Gasteiger partial charge is 0.242 e. The van der Waals surface area contributed by atoms with Crippen molar-refractivity contribution >= 4 is 22.4 Å². The molecule has 1 amide bonds. The van der Waals surface area contributed by atoms with E-state index in [4.69, 9.17) is 4.74 Å². The van der Waals surface area contributed by atoms with Crippen molar-refractivity contribution in [1.29, 1.82) is 0 Å². The summed E-state index contributed by atoms with van der Waals surface area (Å²) >= 11 is 1.46. The Hall–Kier alpha value is -1.77. The molecule has 0 unspecified atom stereocenters. The number of carbonyl (C=O) groups is 1. The van der Waals surface area contributed by atoms with Gasteiger partial charge in [-0.25, -0.2) is 4.98 Å². The topological polar surface area (TPSA) is 63.5 Å². The van der Waals surface area contributed by atoms with E-state index in [1.165, 1.54) is 11.3 Å². The summed E-state index contributed by atoms with van der Waals surface area (Å²) in [6.45, 7) is 3.24. The predicted octanol–water partition coefficient (Wildman–Crippen LogP) is 0.703. The van der Waals surface area contributed by atoms with Crippen LogP contribution in [0.2, 0.25) is 0 Å². The largest absolute Gasteiger partial charge is 0.374 e. The average Bonchev–Trinajstić information content (AvgIpc) is 3.20. The summed E-state index contributed by atoms with van der Waals surface area (Å²) in [5.41, 5.74) is 0. The van der Waals surface area contributed by atoms with Gasteiger partial charge in [-0.2, -0.15) is 5.10 Å². The van der Waals surface area contributed by atoms with Crippen LogP contribution in [0.1, 0.15) is 0 Å². The van der Waals surface area contributed by atoms with Crippen LogP contribution in [0.4, 0.5) is 5.13 Å². The van der Waals surface area contributed by atoms with E-state index in [2.05, 4.69) is 15.0 Å². The van der Waals surface area contributed by atoms with Crippen LogP contribution in [0.3, 0.4) is 0 Å². The number of thiazole rings is 1. The molecule has 7 nitrogen and oxygen atoms in total. The van der Waals surface area contributed by atoms with E-state index in [1.807, 2.05) is 22.3 Å². The molecule has 3 heterocycles. The van der Waals surface area contributed by atoms with Crippen LogP contribution in [0.5, 0.6) is 0 Å². The first kappa shape index (κ1) is 15.1. The van der Waals surface area contributed by atoms with Gasteiger partial charge in [-0.05, 0) is 6.07 Å². The molecule has 22 heavy (non-hydrogen) atoms. The lowest BCUT2D eigenvalue weighted by Crippen LogP contribution is -2.48. The number of amides is 1. The number of morpholine rings is 1. The average molecular weight is 321 g/mol. The van der Waals surface area contributed by atoms with Crippen LogP contribution in [0.25, 0.3) is 0 Å². The summed E-state index contributed by atoms with van der Waals surface area (Å²) in [5, 5.41) is 6.79. The van der Waals surface area contributed by atoms with E-state index in [-0.39, 0.29) is 12.0 Å². The van der Waals surface area contributed by atoms with Crippen molar-refractivity contribution in [2.24, 2.45) is 0 Å². The van der Waals surface area contributed by atoms with Crippen LogP contribution < -0.4 is 4.90 Å². The Morgan fingerprint density at radius 2 is 2.45 bits per heavy atom. The summed E-state index contributed by atoms with van der Waals surface area (Å²) in [4.78, 5) is 20.2. The third-order valence-electron chi connectivity index (χ3n) is 3.61. The quantitative estimate of drug-likeness (QED) is 0.811. The number of nitrogens with zero attached hydrogens (tertiary/aromatic N) is 5. The molecule has 1 atom stereocenters. The van der Waals surface area contributed by atoms with Gasteiger partial charge in [-0.1, -0.05) is 0 Å². The molecular weight excluding hydrogens is 302 g/mol. The normalized spacial score (nSPS) is 19.2. The third kappa shape index (κ3) is 3.70. The molecule has 0 aliphatic carbocycles. The highest BCUT2D eigenvalue weighted by Gasteiger charge is 2.24. The number of ether oxygens (including phenoxy) is 1. The van der Waals surface area contributed by atoms with E-state index in [1.54, 1.807) is 24.3 Å². The maximum atomic E-state index is 12.3. The van der Waals surface area contributed by atoms with Crippen molar-refractivity contribution in [1.82, 2.24) is 19.7 Å². The molecule has 2 aromatic rings. The fraction of sp³-hybridized carbons (Fsp3) is 0.500. The van der Waals surface area contributed by atoms with Crippen LogP contribution in [-0.4, -0.2) is 65.0 Å². The van der Waals surface area contributed by atoms with Gasteiger partial charge in [0.15, 0.2) is 5.13 Å². The molecule has 8 heteroatoms. The minimum Gasteiger partial charge on any atom is -0.374 e. The highest BCUT2D eigenvalue weighted by atomic mass is 32.1. The zero-order valence-electron chi connectivity index (χ0n) is 12.5. The molecule has 0 aromatic carbocycles. The Labute approximate surface area is 133 Å². The number of hydrogen-bond acceptors (Lipinski definition) is 6. The van der Waals surface area contributed by atoms with Crippen molar-refractivity contribution in [2.45, 2.75) is 12.6 Å². The molecule has 1 aliphatic heterocycles. The number of rotatable bonds is 5. The van der Waals surface area contributed by atoms with Crippen molar-refractivity contribution in [3.8, 4) is 0 Å². The van der Waals surface area contributed by atoms with Crippen LogP contribution >= 0.6 is 11.3 Å². The van der Waals surface area contributed by atoms with Gasteiger partial charge in [0.25, 0.3) is 0 Å². The van der Waals surface area contributed by atoms with Crippen LogP contribution in [0.15, 0.2) is 30.0 Å². The fourth-order valence-corrected chi connectivity index (χ4v) is 3.06. The molecular formula is C14H19N5O2S. The lowest BCUT2D eigenvalue weighted by molar-refractivity contribution is -0.121. The van der Waals surface area contributed by atoms with Crippen molar-refractivity contribution in [3.63, 3.8) is 0 Å². The second-order valence-corrected chi connectivity index (χ2v) is 6.10. The van der Waals surface area contributed by atoms with E-state index < -0.39 is 0 Å². The van der Waals surface area contributed by atoms with Gasteiger partial charge < -0.3 is 4.74 Å². The lowest BCUT2D eigenvalue weighted by Gasteiger charge is -2.33. The molecule has 0 radical (unpaired) electrons. The Morgan fingerprint density at radius 1 is 1.55 bits per heavy atom. The number of hydrogen-bond donors (Lipinski definition) is 0. The third-order valence-corrected chi connectivity index (χ3v) is 4.46. The molecule has 1 fully saturated rings. The maximum absolute atomic E-state index is 12.3. The summed E-state index contributed by atoms with van der Waals surface area (Å²) in [6.07, 6.45) is 5.45. The molecule has 3 rings (SSSR count). The summed E-state index contributed by atoms with van der Waals surface area (Å²) in [5.74, 6) is 0.0506. The first-order valence-corrected chi connectivity index (χ1v) is 8.08. The minimum absolute atomic E-state index is 0.0506. The zero-order valence-corrected chi connectivity index (χ0v) is 13.3.